The van der Waals surface area contributed by atoms with Crippen LogP contribution in [-0.4, -0.2) is 34.4 Å². The predicted octanol–water partition coefficient (Wildman–Crippen LogP) is 5.13. The van der Waals surface area contributed by atoms with E-state index in [1.54, 1.807) is 19.9 Å². The van der Waals surface area contributed by atoms with Gasteiger partial charge in [0.05, 0.1) is 6.10 Å². The number of hydrogen-bond acceptors (Lipinski definition) is 4. The lowest BCUT2D eigenvalue weighted by molar-refractivity contribution is -0.199. The van der Waals surface area contributed by atoms with E-state index in [0.29, 0.717) is 12.0 Å². The first kappa shape index (κ1) is 24.6. The van der Waals surface area contributed by atoms with Crippen molar-refractivity contribution in [2.45, 2.75) is 92.8 Å². The van der Waals surface area contributed by atoms with Crippen molar-refractivity contribution in [3.8, 4) is 0 Å². The summed E-state index contributed by atoms with van der Waals surface area (Å²) in [6.45, 7) is 14.2. The molecule has 0 aliphatic heterocycles. The highest BCUT2D eigenvalue weighted by atomic mass is 16.6. The van der Waals surface area contributed by atoms with Gasteiger partial charge in [-0.25, -0.2) is 4.79 Å². The molecule has 1 saturated carbocycles. The molecular formula is C25H40O5. The van der Waals surface area contributed by atoms with E-state index in [-0.39, 0.29) is 41.0 Å². The molecule has 0 saturated heterocycles. The highest BCUT2D eigenvalue weighted by Gasteiger charge is 2.59. The minimum atomic E-state index is -0.752. The second-order valence-corrected chi connectivity index (χ2v) is 10.5. The van der Waals surface area contributed by atoms with Crippen LogP contribution in [0.1, 0.15) is 80.6 Å². The van der Waals surface area contributed by atoms with Crippen LogP contribution in [0.15, 0.2) is 23.3 Å². The third-order valence-electron chi connectivity index (χ3n) is 7.91. The van der Waals surface area contributed by atoms with E-state index in [4.69, 9.17) is 9.84 Å². The van der Waals surface area contributed by atoms with Crippen LogP contribution in [0.4, 0.5) is 0 Å². The summed E-state index contributed by atoms with van der Waals surface area (Å²) in [7, 11) is 0. The lowest BCUT2D eigenvalue weighted by atomic mass is 9.46. The van der Waals surface area contributed by atoms with Gasteiger partial charge in [0.2, 0.25) is 0 Å². The van der Waals surface area contributed by atoms with E-state index in [1.165, 1.54) is 5.57 Å². The summed E-state index contributed by atoms with van der Waals surface area (Å²) in [5.74, 6) is -0.438. The van der Waals surface area contributed by atoms with Crippen molar-refractivity contribution >= 4 is 11.9 Å². The molecule has 170 valence electrons. The summed E-state index contributed by atoms with van der Waals surface area (Å²) >= 11 is 0. The molecular weight excluding hydrogens is 380 g/mol. The van der Waals surface area contributed by atoms with Gasteiger partial charge in [-0.1, -0.05) is 45.4 Å². The third-order valence-corrected chi connectivity index (χ3v) is 7.91. The number of carboxylic acids is 1. The number of rotatable bonds is 7. The molecule has 0 spiro atoms. The maximum Gasteiger partial charge on any atom is 0.333 e. The summed E-state index contributed by atoms with van der Waals surface area (Å²) in [6, 6.07) is 0. The Morgan fingerprint density at radius 2 is 1.97 bits per heavy atom. The van der Waals surface area contributed by atoms with Gasteiger partial charge in [-0.3, -0.25) is 4.79 Å². The molecule has 0 unspecified atom stereocenters. The van der Waals surface area contributed by atoms with Crippen molar-refractivity contribution in [2.75, 3.05) is 0 Å². The Labute approximate surface area is 181 Å². The van der Waals surface area contributed by atoms with Gasteiger partial charge in [-0.05, 0) is 69.6 Å². The van der Waals surface area contributed by atoms with Crippen molar-refractivity contribution in [3.05, 3.63) is 23.3 Å². The fourth-order valence-electron chi connectivity index (χ4n) is 6.13. The minimum Gasteiger partial charge on any atom is -0.481 e. The lowest BCUT2D eigenvalue weighted by Crippen LogP contribution is -2.60. The minimum absolute atomic E-state index is 0.122. The number of fused-ring (bicyclic) bond motifs is 1. The van der Waals surface area contributed by atoms with Crippen molar-refractivity contribution in [1.29, 1.82) is 0 Å². The van der Waals surface area contributed by atoms with Crippen LogP contribution in [0.3, 0.4) is 0 Å². The molecule has 0 aromatic carbocycles. The van der Waals surface area contributed by atoms with Crippen LogP contribution < -0.4 is 0 Å². The summed E-state index contributed by atoms with van der Waals surface area (Å²) in [6.07, 6.45) is 6.19. The second kappa shape index (κ2) is 9.25. The number of ether oxygens (including phenoxy) is 1. The molecule has 2 rings (SSSR count). The smallest absolute Gasteiger partial charge is 0.333 e. The van der Waals surface area contributed by atoms with Crippen molar-refractivity contribution in [1.82, 2.24) is 0 Å². The number of allylic oxidation sites excluding steroid dienone is 3. The van der Waals surface area contributed by atoms with E-state index in [9.17, 15) is 14.7 Å². The number of carboxylic acid groups (broad SMARTS) is 1. The number of aliphatic hydroxyl groups is 1. The van der Waals surface area contributed by atoms with Gasteiger partial charge in [0.25, 0.3) is 0 Å². The number of hydrogen-bond donors (Lipinski definition) is 2. The topological polar surface area (TPSA) is 83.8 Å². The molecule has 5 heteroatoms. The summed E-state index contributed by atoms with van der Waals surface area (Å²) < 4.78 is 5.83. The number of aliphatic hydroxyl groups excluding tert-OH is 1. The average Bonchev–Trinajstić information content (AvgIpc) is 2.62. The molecule has 2 N–H and O–H groups in total. The third kappa shape index (κ3) is 4.82. The largest absolute Gasteiger partial charge is 0.481 e. The van der Waals surface area contributed by atoms with Crippen LogP contribution in [0.5, 0.6) is 0 Å². The van der Waals surface area contributed by atoms with E-state index >= 15 is 0 Å². The highest BCUT2D eigenvalue weighted by Crippen LogP contribution is 2.61. The molecule has 2 aliphatic carbocycles. The molecule has 30 heavy (non-hydrogen) atoms. The maximum atomic E-state index is 12.4. The normalized spacial score (nSPS) is 34.5. The summed E-state index contributed by atoms with van der Waals surface area (Å²) in [4.78, 5) is 23.5. The number of carbonyl (C=O) groups excluding carboxylic acids is 1. The van der Waals surface area contributed by atoms with Gasteiger partial charge in [-0.15, -0.1) is 0 Å². The van der Waals surface area contributed by atoms with Gasteiger partial charge in [0, 0.05) is 17.4 Å². The van der Waals surface area contributed by atoms with Gasteiger partial charge in [0.1, 0.15) is 6.10 Å². The molecule has 6 atom stereocenters. The zero-order chi connectivity index (χ0) is 22.9. The Balaban J connectivity index is 2.27. The predicted molar refractivity (Wildman–Crippen MR) is 118 cm³/mol. The Morgan fingerprint density at radius 1 is 1.33 bits per heavy atom. The van der Waals surface area contributed by atoms with Crippen molar-refractivity contribution in [3.63, 3.8) is 0 Å². The van der Waals surface area contributed by atoms with Crippen LogP contribution in [0.2, 0.25) is 0 Å². The highest BCUT2D eigenvalue weighted by molar-refractivity contribution is 5.87. The van der Waals surface area contributed by atoms with Gasteiger partial charge in [-0.2, -0.15) is 0 Å². The number of aliphatic carboxylic acids is 1. The molecule has 0 heterocycles. The standard InChI is InChI=1S/C25H40O5/c1-8-16(3)23(29)30-22-19(26)14-25(7)18(11-9-15(2)13-21(27)28)17(4)10-12-20(25)24(22,5)6/h8,10,15,18-20,22,26H,9,11-14H2,1-7H3,(H,27,28)/b16-8-/t15-,18-,19+,20-,22+,25+/m0/s1. The van der Waals surface area contributed by atoms with Crippen molar-refractivity contribution in [2.24, 2.45) is 28.6 Å². The van der Waals surface area contributed by atoms with Crippen LogP contribution >= 0.6 is 0 Å². The number of carbonyl (C=O) groups is 2. The molecule has 1 fully saturated rings. The van der Waals surface area contributed by atoms with Crippen LogP contribution in [0, 0.1) is 28.6 Å². The Kier molecular flexibility index (Phi) is 7.60. The maximum absolute atomic E-state index is 12.4. The summed E-state index contributed by atoms with van der Waals surface area (Å²) in [5, 5.41) is 20.2. The molecule has 0 radical (unpaired) electrons. The van der Waals surface area contributed by atoms with Crippen LogP contribution in [0.25, 0.3) is 0 Å². The fourth-order valence-corrected chi connectivity index (χ4v) is 6.13. The quantitative estimate of drug-likeness (QED) is 0.339. The molecule has 0 aromatic heterocycles. The fraction of sp³-hybridized carbons (Fsp3) is 0.760. The second-order valence-electron chi connectivity index (χ2n) is 10.5. The Bertz CT molecular complexity index is 719. The Hall–Kier alpha value is -1.62. The number of esters is 1. The van der Waals surface area contributed by atoms with Gasteiger partial charge < -0.3 is 14.9 Å². The molecule has 0 amide bonds. The van der Waals surface area contributed by atoms with Gasteiger partial charge in [0.15, 0.2) is 0 Å². The molecule has 2 aliphatic rings. The first-order chi connectivity index (χ1) is 13.8. The van der Waals surface area contributed by atoms with E-state index in [2.05, 4.69) is 33.8 Å². The molecule has 0 aromatic rings. The first-order valence-corrected chi connectivity index (χ1v) is 11.2. The van der Waals surface area contributed by atoms with Gasteiger partial charge >= 0.3 is 11.9 Å². The SMILES string of the molecule is C/C=C(/C)C(=O)O[C@@H]1[C@H](O)C[C@]2(C)[C@@H](CC[C@H](C)CC(=O)O)C(C)=CC[C@H]2C1(C)C. The van der Waals surface area contributed by atoms with E-state index in [1.807, 2.05) is 6.92 Å². The molecule has 5 nitrogen and oxygen atoms in total. The zero-order valence-electron chi connectivity index (χ0n) is 19.7. The average molecular weight is 421 g/mol. The Morgan fingerprint density at radius 3 is 2.53 bits per heavy atom. The van der Waals surface area contributed by atoms with E-state index in [0.717, 1.165) is 19.3 Å². The summed E-state index contributed by atoms with van der Waals surface area (Å²) in [5.41, 5.74) is 1.39. The van der Waals surface area contributed by atoms with Crippen LogP contribution in [-0.2, 0) is 14.3 Å². The zero-order valence-corrected chi connectivity index (χ0v) is 19.7. The first-order valence-electron chi connectivity index (χ1n) is 11.2. The van der Waals surface area contributed by atoms with E-state index < -0.39 is 18.2 Å². The monoisotopic (exact) mass is 420 g/mol. The molecule has 0 bridgehead atoms. The van der Waals surface area contributed by atoms with Crippen molar-refractivity contribution < 1.29 is 24.5 Å². The lowest BCUT2D eigenvalue weighted by Gasteiger charge is -2.60.